The van der Waals surface area contributed by atoms with Gasteiger partial charge in [0.1, 0.15) is 12.4 Å². The van der Waals surface area contributed by atoms with E-state index in [-0.39, 0.29) is 5.69 Å². The second-order valence-corrected chi connectivity index (χ2v) is 7.10. The molecule has 1 heterocycles. The number of hydrogen-bond acceptors (Lipinski definition) is 5. The van der Waals surface area contributed by atoms with Gasteiger partial charge in [-0.1, -0.05) is 32.0 Å². The zero-order valence-corrected chi connectivity index (χ0v) is 18.2. The summed E-state index contributed by atoms with van der Waals surface area (Å²) >= 11 is 0. The van der Waals surface area contributed by atoms with E-state index >= 15 is 0 Å². The number of aromatic nitrogens is 2. The smallest absolute Gasteiger partial charge is 0.280 e. The Kier molecular flexibility index (Phi) is 7.56. The molecule has 162 valence electrons. The molecular weight excluding hydrogens is 392 g/mol. The first-order valence-corrected chi connectivity index (χ1v) is 10.4. The first-order chi connectivity index (χ1) is 15.0. The van der Waals surface area contributed by atoms with Gasteiger partial charge in [0.15, 0.2) is 5.69 Å². The lowest BCUT2D eigenvalue weighted by Crippen LogP contribution is -2.27. The summed E-state index contributed by atoms with van der Waals surface area (Å²) < 4.78 is 7.35. The van der Waals surface area contributed by atoms with Crippen molar-refractivity contribution in [1.29, 1.82) is 0 Å². The van der Waals surface area contributed by atoms with Crippen LogP contribution in [0.5, 0.6) is 5.75 Å². The quantitative estimate of drug-likeness (QED) is 0.573. The topological polar surface area (TPSA) is 76.5 Å². The molecule has 0 aliphatic rings. The second-order valence-electron chi connectivity index (χ2n) is 7.10. The third-order valence-electron chi connectivity index (χ3n) is 5.01. The highest BCUT2D eigenvalue weighted by atomic mass is 16.5. The number of amides is 1. The Bertz CT molecular complexity index is 1060. The van der Waals surface area contributed by atoms with Crippen LogP contribution < -0.4 is 15.5 Å². The van der Waals surface area contributed by atoms with Crippen LogP contribution >= 0.6 is 0 Å². The van der Waals surface area contributed by atoms with Crippen molar-refractivity contribution in [2.45, 2.75) is 20.8 Å². The molecule has 3 aromatic rings. The van der Waals surface area contributed by atoms with E-state index in [9.17, 15) is 9.59 Å². The van der Waals surface area contributed by atoms with E-state index in [4.69, 9.17) is 4.74 Å². The number of para-hydroxylation sites is 1. The highest BCUT2D eigenvalue weighted by Gasteiger charge is 2.15. The van der Waals surface area contributed by atoms with Gasteiger partial charge in [-0.3, -0.25) is 9.59 Å². The minimum atomic E-state index is -0.551. The number of carbonyl (C=O) groups is 1. The average molecular weight is 421 g/mol. The molecule has 2 aromatic carbocycles. The van der Waals surface area contributed by atoms with E-state index in [1.165, 1.54) is 6.07 Å². The largest absolute Gasteiger partial charge is 0.492 e. The van der Waals surface area contributed by atoms with Gasteiger partial charge in [-0.25, -0.2) is 4.68 Å². The van der Waals surface area contributed by atoms with E-state index in [0.29, 0.717) is 18.0 Å². The summed E-state index contributed by atoms with van der Waals surface area (Å²) in [5.41, 5.74) is 1.42. The molecule has 0 unspecified atom stereocenters. The summed E-state index contributed by atoms with van der Waals surface area (Å²) in [5.74, 6) is 0.176. The number of rotatable bonds is 9. The number of benzene rings is 2. The average Bonchev–Trinajstić information content (AvgIpc) is 2.78. The summed E-state index contributed by atoms with van der Waals surface area (Å²) in [4.78, 5) is 27.4. The zero-order chi connectivity index (χ0) is 22.2. The maximum Gasteiger partial charge on any atom is 0.280 e. The van der Waals surface area contributed by atoms with Crippen LogP contribution in [0.25, 0.3) is 5.69 Å². The fraction of sp³-hybridized carbons (Fsp3) is 0.292. The Morgan fingerprint density at radius 3 is 2.39 bits per heavy atom. The van der Waals surface area contributed by atoms with Crippen molar-refractivity contribution in [3.8, 4) is 11.4 Å². The molecule has 0 aliphatic carbocycles. The minimum absolute atomic E-state index is 0.158. The molecule has 0 spiro atoms. The molecule has 0 atom stereocenters. The number of nitrogens with one attached hydrogen (secondary N) is 1. The number of aryl methyl sites for hydroxylation is 1. The monoisotopic (exact) mass is 420 g/mol. The first-order valence-electron chi connectivity index (χ1n) is 10.4. The van der Waals surface area contributed by atoms with Gasteiger partial charge in [0, 0.05) is 24.0 Å². The van der Waals surface area contributed by atoms with Crippen LogP contribution in [0.3, 0.4) is 0 Å². The number of likely N-dealkylation sites (N-methyl/N-ethyl adjacent to an activating group) is 1. The van der Waals surface area contributed by atoms with Gasteiger partial charge in [-0.15, -0.1) is 0 Å². The predicted octanol–water partition coefficient (Wildman–Crippen LogP) is 3.51. The van der Waals surface area contributed by atoms with Crippen molar-refractivity contribution in [2.75, 3.05) is 31.6 Å². The lowest BCUT2D eigenvalue weighted by Gasteiger charge is -2.18. The molecule has 3 rings (SSSR count). The van der Waals surface area contributed by atoms with Crippen LogP contribution in [0.15, 0.2) is 65.5 Å². The lowest BCUT2D eigenvalue weighted by molar-refractivity contribution is 0.101. The Morgan fingerprint density at radius 2 is 1.74 bits per heavy atom. The van der Waals surface area contributed by atoms with E-state index in [1.807, 2.05) is 30.3 Å². The van der Waals surface area contributed by atoms with Crippen molar-refractivity contribution in [3.05, 3.63) is 82.3 Å². The highest BCUT2D eigenvalue weighted by molar-refractivity contribution is 6.02. The maximum atomic E-state index is 12.7. The summed E-state index contributed by atoms with van der Waals surface area (Å²) in [7, 11) is 0. The van der Waals surface area contributed by atoms with E-state index in [2.05, 4.69) is 29.2 Å². The van der Waals surface area contributed by atoms with Gasteiger partial charge in [0.05, 0.1) is 5.69 Å². The zero-order valence-electron chi connectivity index (χ0n) is 18.2. The minimum Gasteiger partial charge on any atom is -0.492 e. The standard InChI is InChI=1S/C24H28N4O3/c1-4-27(5-2)15-16-31-21-13-11-19(12-14-21)25-24(30)23-22(29)17-18(3)28(26-23)20-9-7-6-8-10-20/h6-14,17H,4-5,15-16H2,1-3H3,(H,25,30). The number of nitrogens with zero attached hydrogens (tertiary/aromatic N) is 3. The van der Waals surface area contributed by atoms with Crippen molar-refractivity contribution < 1.29 is 9.53 Å². The van der Waals surface area contributed by atoms with Crippen molar-refractivity contribution in [1.82, 2.24) is 14.7 Å². The summed E-state index contributed by atoms with van der Waals surface area (Å²) in [6.45, 7) is 9.46. The third kappa shape index (κ3) is 5.79. The highest BCUT2D eigenvalue weighted by Crippen LogP contribution is 2.16. The van der Waals surface area contributed by atoms with Gasteiger partial charge in [-0.2, -0.15) is 5.10 Å². The Morgan fingerprint density at radius 1 is 1.06 bits per heavy atom. The van der Waals surface area contributed by atoms with Crippen LogP contribution in [-0.2, 0) is 0 Å². The van der Waals surface area contributed by atoms with Gasteiger partial charge in [0.2, 0.25) is 5.43 Å². The Balaban J connectivity index is 1.68. The van der Waals surface area contributed by atoms with E-state index in [0.717, 1.165) is 31.1 Å². The number of anilines is 1. The van der Waals surface area contributed by atoms with Gasteiger partial charge in [0.25, 0.3) is 5.91 Å². The predicted molar refractivity (Wildman–Crippen MR) is 122 cm³/mol. The summed E-state index contributed by atoms with van der Waals surface area (Å²) in [5, 5.41) is 7.03. The first kappa shape index (κ1) is 22.2. The number of hydrogen-bond donors (Lipinski definition) is 1. The van der Waals surface area contributed by atoms with Crippen LogP contribution in [0.2, 0.25) is 0 Å². The van der Waals surface area contributed by atoms with Crippen molar-refractivity contribution in [3.63, 3.8) is 0 Å². The van der Waals surface area contributed by atoms with Gasteiger partial charge >= 0.3 is 0 Å². The molecule has 0 saturated heterocycles. The fourth-order valence-corrected chi connectivity index (χ4v) is 3.19. The SMILES string of the molecule is CCN(CC)CCOc1ccc(NC(=O)c2nn(-c3ccccc3)c(C)cc2=O)cc1. The van der Waals surface area contributed by atoms with Crippen molar-refractivity contribution >= 4 is 11.6 Å². The molecule has 7 heteroatoms. The maximum absolute atomic E-state index is 12.7. The van der Waals surface area contributed by atoms with Crippen molar-refractivity contribution in [2.24, 2.45) is 0 Å². The molecule has 0 aliphatic heterocycles. The van der Waals surface area contributed by atoms with E-state index in [1.54, 1.807) is 35.9 Å². The van der Waals surface area contributed by atoms with E-state index < -0.39 is 11.3 Å². The van der Waals surface area contributed by atoms with Gasteiger partial charge < -0.3 is 15.0 Å². The number of carbonyl (C=O) groups excluding carboxylic acids is 1. The molecule has 7 nitrogen and oxygen atoms in total. The van der Waals surface area contributed by atoms with Crippen LogP contribution in [0.1, 0.15) is 30.0 Å². The normalized spacial score (nSPS) is 10.8. The summed E-state index contributed by atoms with van der Waals surface area (Å²) in [6, 6.07) is 17.9. The fourth-order valence-electron chi connectivity index (χ4n) is 3.19. The molecule has 0 bridgehead atoms. The number of ether oxygens (including phenoxy) is 1. The lowest BCUT2D eigenvalue weighted by atomic mass is 10.2. The third-order valence-corrected chi connectivity index (χ3v) is 5.01. The second kappa shape index (κ2) is 10.5. The van der Waals surface area contributed by atoms with Crippen LogP contribution in [0, 0.1) is 6.92 Å². The molecule has 1 N–H and O–H groups in total. The Hall–Kier alpha value is -3.45. The van der Waals surface area contributed by atoms with Gasteiger partial charge in [-0.05, 0) is 56.4 Å². The summed E-state index contributed by atoms with van der Waals surface area (Å²) in [6.07, 6.45) is 0. The Labute approximate surface area is 182 Å². The molecular formula is C24H28N4O3. The molecule has 1 amide bonds. The molecule has 0 saturated carbocycles. The van der Waals surface area contributed by atoms with Crippen LogP contribution in [-0.4, -0.2) is 46.8 Å². The molecule has 0 fully saturated rings. The molecule has 31 heavy (non-hydrogen) atoms. The molecule has 1 aromatic heterocycles. The molecule has 0 radical (unpaired) electrons. The van der Waals surface area contributed by atoms with Crippen LogP contribution in [0.4, 0.5) is 5.69 Å².